The molecule has 1 aliphatic rings. The first-order valence-electron chi connectivity index (χ1n) is 10.4. The molecule has 2 aromatic rings. The molecule has 172 valence electrons. The van der Waals surface area contributed by atoms with Crippen molar-refractivity contribution < 1.29 is 14.5 Å². The van der Waals surface area contributed by atoms with E-state index in [4.69, 9.17) is 11.6 Å². The number of non-ortho nitro benzene ring substituents is 1. The van der Waals surface area contributed by atoms with E-state index in [0.717, 1.165) is 12.8 Å². The van der Waals surface area contributed by atoms with Crippen LogP contribution in [-0.2, 0) is 4.79 Å². The zero-order chi connectivity index (χ0) is 22.5. The van der Waals surface area contributed by atoms with Crippen molar-refractivity contribution in [1.29, 1.82) is 0 Å². The summed E-state index contributed by atoms with van der Waals surface area (Å²) in [5, 5.41) is 14.5. The van der Waals surface area contributed by atoms with Crippen LogP contribution in [0.15, 0.2) is 48.5 Å². The van der Waals surface area contributed by atoms with Crippen molar-refractivity contribution in [2.75, 3.05) is 13.1 Å². The van der Waals surface area contributed by atoms with E-state index in [1.165, 1.54) is 29.8 Å². The first kappa shape index (κ1) is 25.3. The van der Waals surface area contributed by atoms with Crippen LogP contribution < -0.4 is 5.32 Å². The number of nitro groups is 1. The van der Waals surface area contributed by atoms with Gasteiger partial charge in [0, 0.05) is 35.8 Å². The van der Waals surface area contributed by atoms with Gasteiger partial charge in [0.15, 0.2) is 0 Å². The number of benzene rings is 2. The summed E-state index contributed by atoms with van der Waals surface area (Å²) in [6.07, 6.45) is 1.69. The molecule has 1 atom stereocenters. The summed E-state index contributed by atoms with van der Waals surface area (Å²) in [7, 11) is 0. The maximum absolute atomic E-state index is 13.2. The molecular formula is C24H30ClN3O4. The number of nitro benzene ring substituents is 1. The SMILES string of the molecule is C.CC(C)[C@@H](NC(=O)c1cccc([N+](=O)[O-])c1)C(=O)N1CCC(c2ccc(Cl)cc2)CC1. The molecule has 1 N–H and O–H groups in total. The highest BCUT2D eigenvalue weighted by molar-refractivity contribution is 6.30. The van der Waals surface area contributed by atoms with Crippen LogP contribution in [0.1, 0.15) is 56.0 Å². The number of halogens is 1. The number of piperidine rings is 1. The minimum absolute atomic E-state index is 0. The predicted molar refractivity (Wildman–Crippen MR) is 126 cm³/mol. The van der Waals surface area contributed by atoms with Gasteiger partial charge in [-0.2, -0.15) is 0 Å². The first-order valence-corrected chi connectivity index (χ1v) is 10.7. The average molecular weight is 460 g/mol. The van der Waals surface area contributed by atoms with Crippen molar-refractivity contribution in [2.24, 2.45) is 5.92 Å². The van der Waals surface area contributed by atoms with Crippen LogP contribution in [0.5, 0.6) is 0 Å². The lowest BCUT2D eigenvalue weighted by Crippen LogP contribution is -2.52. The molecule has 0 saturated carbocycles. The van der Waals surface area contributed by atoms with Gasteiger partial charge in [-0.05, 0) is 48.4 Å². The van der Waals surface area contributed by atoms with E-state index in [1.807, 2.05) is 38.1 Å². The number of amides is 2. The van der Waals surface area contributed by atoms with Gasteiger partial charge >= 0.3 is 0 Å². The van der Waals surface area contributed by atoms with E-state index in [9.17, 15) is 19.7 Å². The highest BCUT2D eigenvalue weighted by Gasteiger charge is 2.32. The molecule has 1 fully saturated rings. The zero-order valence-corrected chi connectivity index (χ0v) is 18.3. The molecule has 0 aliphatic carbocycles. The number of nitrogens with one attached hydrogen (secondary N) is 1. The molecule has 7 nitrogen and oxygen atoms in total. The smallest absolute Gasteiger partial charge is 0.270 e. The van der Waals surface area contributed by atoms with Crippen LogP contribution in [0.25, 0.3) is 0 Å². The molecule has 2 amide bonds. The molecule has 0 bridgehead atoms. The van der Waals surface area contributed by atoms with Crippen LogP contribution in [-0.4, -0.2) is 40.8 Å². The molecule has 1 saturated heterocycles. The van der Waals surface area contributed by atoms with Crippen LogP contribution in [0.3, 0.4) is 0 Å². The Morgan fingerprint density at radius 1 is 1.12 bits per heavy atom. The Morgan fingerprint density at radius 2 is 1.75 bits per heavy atom. The van der Waals surface area contributed by atoms with E-state index in [2.05, 4.69) is 5.32 Å². The fourth-order valence-electron chi connectivity index (χ4n) is 3.86. The minimum Gasteiger partial charge on any atom is -0.341 e. The Bertz CT molecular complexity index is 954. The highest BCUT2D eigenvalue weighted by atomic mass is 35.5. The Labute approximate surface area is 193 Å². The van der Waals surface area contributed by atoms with Crippen LogP contribution in [0.2, 0.25) is 5.02 Å². The van der Waals surface area contributed by atoms with Gasteiger partial charge in [0.1, 0.15) is 6.04 Å². The summed E-state index contributed by atoms with van der Waals surface area (Å²) in [6.45, 7) is 4.97. The van der Waals surface area contributed by atoms with E-state index in [1.54, 1.807) is 4.90 Å². The minimum atomic E-state index is -0.696. The standard InChI is InChI=1S/C23H26ClN3O4.CH4/c1-15(2)21(25-22(28)18-4-3-5-20(14-18)27(30)31)23(29)26-12-10-17(11-13-26)16-6-8-19(24)9-7-16;/h3-9,14-15,17,21H,10-13H2,1-2H3,(H,25,28);1H4/t21-;/m1./s1. The summed E-state index contributed by atoms with van der Waals surface area (Å²) in [4.78, 5) is 38.0. The third-order valence-electron chi connectivity index (χ3n) is 5.69. The lowest BCUT2D eigenvalue weighted by atomic mass is 9.89. The van der Waals surface area contributed by atoms with Gasteiger partial charge in [0.25, 0.3) is 11.6 Å². The number of hydrogen-bond acceptors (Lipinski definition) is 4. The molecule has 1 aliphatic heterocycles. The highest BCUT2D eigenvalue weighted by Crippen LogP contribution is 2.29. The van der Waals surface area contributed by atoms with E-state index < -0.39 is 16.9 Å². The van der Waals surface area contributed by atoms with Gasteiger partial charge in [0.2, 0.25) is 5.91 Å². The third-order valence-corrected chi connectivity index (χ3v) is 5.94. The number of carbonyl (C=O) groups excluding carboxylic acids is 2. The van der Waals surface area contributed by atoms with E-state index >= 15 is 0 Å². The Morgan fingerprint density at radius 3 is 2.31 bits per heavy atom. The van der Waals surface area contributed by atoms with Crippen LogP contribution in [0, 0.1) is 16.0 Å². The fourth-order valence-corrected chi connectivity index (χ4v) is 3.99. The fraction of sp³-hybridized carbons (Fsp3) is 0.417. The Hall–Kier alpha value is -2.93. The predicted octanol–water partition coefficient (Wildman–Crippen LogP) is 5.04. The maximum Gasteiger partial charge on any atom is 0.270 e. The van der Waals surface area contributed by atoms with Gasteiger partial charge in [-0.25, -0.2) is 0 Å². The topological polar surface area (TPSA) is 92.5 Å². The molecule has 0 radical (unpaired) electrons. The zero-order valence-electron chi connectivity index (χ0n) is 17.6. The first-order chi connectivity index (χ1) is 14.8. The summed E-state index contributed by atoms with van der Waals surface area (Å²) >= 11 is 5.97. The maximum atomic E-state index is 13.2. The lowest BCUT2D eigenvalue weighted by Gasteiger charge is -2.35. The van der Waals surface area contributed by atoms with Crippen molar-refractivity contribution in [2.45, 2.75) is 46.1 Å². The summed E-state index contributed by atoms with van der Waals surface area (Å²) in [6, 6.07) is 12.6. The largest absolute Gasteiger partial charge is 0.341 e. The number of rotatable bonds is 6. The average Bonchev–Trinajstić information content (AvgIpc) is 2.77. The molecule has 1 heterocycles. The summed E-state index contributed by atoms with van der Waals surface area (Å²) < 4.78 is 0. The second-order valence-corrected chi connectivity index (χ2v) is 8.59. The van der Waals surface area contributed by atoms with Crippen molar-refractivity contribution in [3.8, 4) is 0 Å². The number of hydrogen-bond donors (Lipinski definition) is 1. The lowest BCUT2D eigenvalue weighted by molar-refractivity contribution is -0.384. The van der Waals surface area contributed by atoms with Gasteiger partial charge < -0.3 is 10.2 Å². The van der Waals surface area contributed by atoms with Gasteiger partial charge in [0.05, 0.1) is 4.92 Å². The van der Waals surface area contributed by atoms with E-state index in [-0.39, 0.29) is 30.5 Å². The molecule has 2 aromatic carbocycles. The molecule has 32 heavy (non-hydrogen) atoms. The van der Waals surface area contributed by atoms with Crippen molar-refractivity contribution >= 4 is 29.1 Å². The van der Waals surface area contributed by atoms with Crippen LogP contribution >= 0.6 is 11.6 Å². The third kappa shape index (κ3) is 6.07. The Balaban J connectivity index is 0.00000363. The summed E-state index contributed by atoms with van der Waals surface area (Å²) in [5.41, 5.74) is 1.22. The number of likely N-dealkylation sites (tertiary alicyclic amines) is 1. The normalized spacial score (nSPS) is 15.1. The monoisotopic (exact) mass is 459 g/mol. The second-order valence-electron chi connectivity index (χ2n) is 8.15. The van der Waals surface area contributed by atoms with Gasteiger partial charge in [-0.15, -0.1) is 0 Å². The number of nitrogens with zero attached hydrogens (tertiary/aromatic N) is 2. The molecule has 0 aromatic heterocycles. The molecule has 8 heteroatoms. The molecule has 0 spiro atoms. The van der Waals surface area contributed by atoms with Gasteiger partial charge in [-0.1, -0.05) is 51.1 Å². The van der Waals surface area contributed by atoms with Crippen LogP contribution in [0.4, 0.5) is 5.69 Å². The van der Waals surface area contributed by atoms with Gasteiger partial charge in [-0.3, -0.25) is 19.7 Å². The molecule has 3 rings (SSSR count). The number of carbonyl (C=O) groups is 2. The van der Waals surface area contributed by atoms with Crippen molar-refractivity contribution in [1.82, 2.24) is 10.2 Å². The quantitative estimate of drug-likeness (QED) is 0.483. The second kappa shape index (κ2) is 11.1. The molecular weight excluding hydrogens is 430 g/mol. The molecule has 0 unspecified atom stereocenters. The summed E-state index contributed by atoms with van der Waals surface area (Å²) in [5.74, 6) is -0.363. The Kier molecular flexibility index (Phi) is 8.78. The van der Waals surface area contributed by atoms with E-state index in [0.29, 0.717) is 24.0 Å². The van der Waals surface area contributed by atoms with Crippen molar-refractivity contribution in [3.63, 3.8) is 0 Å². The van der Waals surface area contributed by atoms with Crippen molar-refractivity contribution in [3.05, 3.63) is 74.8 Å².